The van der Waals surface area contributed by atoms with E-state index in [1.807, 2.05) is 20.8 Å². The van der Waals surface area contributed by atoms with Crippen LogP contribution in [0.15, 0.2) is 35.1 Å². The quantitative estimate of drug-likeness (QED) is 0.665. The molecular weight excluding hydrogens is 246 g/mol. The largest absolute Gasteiger partial charge is 0.294 e. The normalized spacial score (nSPS) is 11.5. The monoisotopic (exact) mass is 261 g/mol. The molecule has 0 atom stereocenters. The number of nitrogens with zero attached hydrogens (tertiary/aromatic N) is 2. The number of hydrogen-bond donors (Lipinski definition) is 1. The van der Waals surface area contributed by atoms with E-state index in [1.165, 1.54) is 22.9 Å². The maximum Gasteiger partial charge on any atom is 0.271 e. The average molecular weight is 261 g/mol. The molecular formula is C13H15N3O3. The van der Waals surface area contributed by atoms with Gasteiger partial charge in [0, 0.05) is 29.3 Å². The minimum absolute atomic E-state index is 0.0451. The molecule has 0 fully saturated rings. The van der Waals surface area contributed by atoms with Gasteiger partial charge in [0.25, 0.3) is 11.2 Å². The summed E-state index contributed by atoms with van der Waals surface area (Å²) in [6, 6.07) is 7.47. The second kappa shape index (κ2) is 4.38. The Morgan fingerprint density at radius 2 is 1.95 bits per heavy atom. The predicted octanol–water partition coefficient (Wildman–Crippen LogP) is 2.37. The molecule has 0 aliphatic heterocycles. The number of nitrogens with one attached hydrogen (secondary N) is 1. The lowest BCUT2D eigenvalue weighted by molar-refractivity contribution is -0.384. The van der Waals surface area contributed by atoms with Crippen molar-refractivity contribution in [1.82, 2.24) is 9.78 Å². The van der Waals surface area contributed by atoms with E-state index in [2.05, 4.69) is 5.10 Å². The highest BCUT2D eigenvalue weighted by Crippen LogP contribution is 2.20. The van der Waals surface area contributed by atoms with Crippen LogP contribution in [-0.2, 0) is 5.41 Å². The van der Waals surface area contributed by atoms with Crippen molar-refractivity contribution in [2.75, 3.05) is 0 Å². The molecule has 2 aromatic rings. The Balaban J connectivity index is 2.54. The summed E-state index contributed by atoms with van der Waals surface area (Å²) in [5.74, 6) is 0. The van der Waals surface area contributed by atoms with Gasteiger partial charge in [0.05, 0.1) is 10.6 Å². The zero-order chi connectivity index (χ0) is 14.2. The molecule has 6 nitrogen and oxygen atoms in total. The van der Waals surface area contributed by atoms with E-state index in [4.69, 9.17) is 0 Å². The molecule has 1 aromatic heterocycles. The summed E-state index contributed by atoms with van der Waals surface area (Å²) in [7, 11) is 0. The maximum atomic E-state index is 11.9. The highest BCUT2D eigenvalue weighted by molar-refractivity contribution is 5.42. The van der Waals surface area contributed by atoms with Gasteiger partial charge in [-0.15, -0.1) is 0 Å². The van der Waals surface area contributed by atoms with Gasteiger partial charge in [-0.1, -0.05) is 26.8 Å². The van der Waals surface area contributed by atoms with E-state index in [9.17, 15) is 14.9 Å². The first-order chi connectivity index (χ1) is 8.79. The third kappa shape index (κ3) is 2.57. The van der Waals surface area contributed by atoms with Gasteiger partial charge in [-0.05, 0) is 6.07 Å². The Morgan fingerprint density at radius 3 is 2.47 bits per heavy atom. The zero-order valence-electron chi connectivity index (χ0n) is 11.0. The predicted molar refractivity (Wildman–Crippen MR) is 71.7 cm³/mol. The molecule has 1 heterocycles. The number of non-ortho nitro benzene ring substituents is 1. The van der Waals surface area contributed by atoms with Crippen LogP contribution in [0.4, 0.5) is 5.69 Å². The highest BCUT2D eigenvalue weighted by Gasteiger charge is 2.18. The lowest BCUT2D eigenvalue weighted by Crippen LogP contribution is -2.14. The zero-order valence-corrected chi connectivity index (χ0v) is 11.0. The van der Waals surface area contributed by atoms with E-state index >= 15 is 0 Å². The molecule has 0 saturated carbocycles. The van der Waals surface area contributed by atoms with E-state index in [-0.39, 0.29) is 16.7 Å². The van der Waals surface area contributed by atoms with Crippen molar-refractivity contribution < 1.29 is 4.92 Å². The van der Waals surface area contributed by atoms with E-state index in [0.717, 1.165) is 5.69 Å². The van der Waals surface area contributed by atoms with Crippen molar-refractivity contribution >= 4 is 5.69 Å². The number of aromatic amines is 1. The fourth-order valence-electron chi connectivity index (χ4n) is 1.72. The van der Waals surface area contributed by atoms with Crippen LogP contribution >= 0.6 is 0 Å². The van der Waals surface area contributed by atoms with Gasteiger partial charge in [-0.25, -0.2) is 4.68 Å². The van der Waals surface area contributed by atoms with Gasteiger partial charge in [0.2, 0.25) is 0 Å². The van der Waals surface area contributed by atoms with Crippen molar-refractivity contribution in [3.05, 3.63) is 56.5 Å². The topological polar surface area (TPSA) is 80.9 Å². The molecule has 100 valence electrons. The third-order valence-corrected chi connectivity index (χ3v) is 2.83. The van der Waals surface area contributed by atoms with Gasteiger partial charge in [-0.2, -0.15) is 0 Å². The van der Waals surface area contributed by atoms with Gasteiger partial charge in [-0.3, -0.25) is 20.0 Å². The molecule has 0 radical (unpaired) electrons. The number of hydrogen-bond acceptors (Lipinski definition) is 3. The Kier molecular flexibility index (Phi) is 3.01. The van der Waals surface area contributed by atoms with Gasteiger partial charge in [0.15, 0.2) is 0 Å². The summed E-state index contributed by atoms with van der Waals surface area (Å²) in [5, 5.41) is 13.7. The molecule has 6 heteroatoms. The van der Waals surface area contributed by atoms with Crippen LogP contribution in [-0.4, -0.2) is 14.7 Å². The van der Waals surface area contributed by atoms with Gasteiger partial charge >= 0.3 is 0 Å². The summed E-state index contributed by atoms with van der Waals surface area (Å²) < 4.78 is 1.31. The second-order valence-electron chi connectivity index (χ2n) is 5.37. The molecule has 0 aliphatic carbocycles. The fraction of sp³-hybridized carbons (Fsp3) is 0.308. The Hall–Kier alpha value is -2.37. The third-order valence-electron chi connectivity index (χ3n) is 2.83. The number of rotatable bonds is 2. The number of H-pyrrole nitrogens is 1. The molecule has 0 spiro atoms. The van der Waals surface area contributed by atoms with Crippen LogP contribution in [0.2, 0.25) is 0 Å². The second-order valence-corrected chi connectivity index (χ2v) is 5.37. The van der Waals surface area contributed by atoms with Crippen molar-refractivity contribution in [2.24, 2.45) is 0 Å². The molecule has 0 unspecified atom stereocenters. The minimum atomic E-state index is -0.484. The molecule has 1 N–H and O–H groups in total. The van der Waals surface area contributed by atoms with Gasteiger partial charge in [0.1, 0.15) is 0 Å². The molecule has 1 aromatic carbocycles. The molecule has 19 heavy (non-hydrogen) atoms. The van der Waals surface area contributed by atoms with Crippen LogP contribution < -0.4 is 5.56 Å². The van der Waals surface area contributed by atoms with E-state index < -0.39 is 4.92 Å². The van der Waals surface area contributed by atoms with Crippen LogP contribution in [0.25, 0.3) is 5.69 Å². The van der Waals surface area contributed by atoms with Crippen molar-refractivity contribution in [2.45, 2.75) is 26.2 Å². The van der Waals surface area contributed by atoms with Crippen LogP contribution in [0.3, 0.4) is 0 Å². The van der Waals surface area contributed by atoms with Crippen molar-refractivity contribution in [3.63, 3.8) is 0 Å². The Morgan fingerprint density at radius 1 is 1.26 bits per heavy atom. The number of aromatic nitrogens is 2. The molecule has 0 bridgehead atoms. The Bertz CT molecular complexity index is 677. The first-order valence-electron chi connectivity index (χ1n) is 5.86. The first-order valence-corrected chi connectivity index (χ1v) is 5.86. The van der Waals surface area contributed by atoms with Gasteiger partial charge < -0.3 is 0 Å². The van der Waals surface area contributed by atoms with E-state index in [0.29, 0.717) is 5.69 Å². The average Bonchev–Trinajstić information content (AvgIpc) is 2.71. The summed E-state index contributed by atoms with van der Waals surface area (Å²) in [6.07, 6.45) is 0. The summed E-state index contributed by atoms with van der Waals surface area (Å²) >= 11 is 0. The first kappa shape index (κ1) is 13.1. The molecule has 0 saturated heterocycles. The summed E-state index contributed by atoms with van der Waals surface area (Å²) in [6.45, 7) is 5.95. The highest BCUT2D eigenvalue weighted by atomic mass is 16.6. The summed E-state index contributed by atoms with van der Waals surface area (Å²) in [4.78, 5) is 22.2. The van der Waals surface area contributed by atoms with Crippen LogP contribution in [0, 0.1) is 10.1 Å². The SMILES string of the molecule is CC(C)(C)c1cc(=O)n(-c2cccc([N+](=O)[O-])c2)[nH]1. The van der Waals surface area contributed by atoms with Crippen LogP contribution in [0.5, 0.6) is 0 Å². The maximum absolute atomic E-state index is 11.9. The van der Waals surface area contributed by atoms with E-state index in [1.54, 1.807) is 12.1 Å². The number of nitro groups is 1. The number of benzene rings is 1. The Labute approximate surface area is 109 Å². The number of nitro benzene ring substituents is 1. The standard InChI is InChI=1S/C13H15N3O3/c1-13(2,3)11-8-12(17)15(14-11)9-5-4-6-10(7-9)16(18)19/h4-8,14H,1-3H3. The lowest BCUT2D eigenvalue weighted by atomic mass is 9.93. The molecule has 0 aliphatic rings. The van der Waals surface area contributed by atoms with Crippen molar-refractivity contribution in [1.29, 1.82) is 0 Å². The van der Waals surface area contributed by atoms with Crippen LogP contribution in [0.1, 0.15) is 26.5 Å². The molecule has 0 amide bonds. The minimum Gasteiger partial charge on any atom is -0.294 e. The fourth-order valence-corrected chi connectivity index (χ4v) is 1.72. The summed E-state index contributed by atoms with van der Waals surface area (Å²) in [5.41, 5.74) is 0.769. The lowest BCUT2D eigenvalue weighted by Gasteiger charge is -2.15. The molecule has 2 rings (SSSR count). The van der Waals surface area contributed by atoms with Crippen molar-refractivity contribution in [3.8, 4) is 5.69 Å². The smallest absolute Gasteiger partial charge is 0.271 e.